The summed E-state index contributed by atoms with van der Waals surface area (Å²) >= 11 is 0. The second-order valence-corrected chi connectivity index (χ2v) is 6.17. The molecular formula is C18H24N4. The topological polar surface area (TPSA) is 32.3 Å². The summed E-state index contributed by atoms with van der Waals surface area (Å²) in [6, 6.07) is 9.20. The number of anilines is 1. The summed E-state index contributed by atoms with van der Waals surface area (Å²) < 4.78 is 0. The van der Waals surface area contributed by atoms with Gasteiger partial charge in [0.2, 0.25) is 0 Å². The van der Waals surface area contributed by atoms with E-state index >= 15 is 0 Å². The van der Waals surface area contributed by atoms with Gasteiger partial charge >= 0.3 is 0 Å². The van der Waals surface area contributed by atoms with Gasteiger partial charge in [0.05, 0.1) is 0 Å². The Balaban J connectivity index is 1.94. The molecule has 1 aromatic heterocycles. The summed E-state index contributed by atoms with van der Waals surface area (Å²) in [6.45, 7) is 4.72. The van der Waals surface area contributed by atoms with Crippen molar-refractivity contribution in [3.63, 3.8) is 0 Å². The molecule has 4 heteroatoms. The molecule has 1 fully saturated rings. The van der Waals surface area contributed by atoms with E-state index in [1.165, 1.54) is 31.5 Å². The number of benzene rings is 1. The minimum Gasteiger partial charge on any atom is -0.361 e. The van der Waals surface area contributed by atoms with Crippen LogP contribution in [0.4, 0.5) is 5.82 Å². The Morgan fingerprint density at radius 1 is 1.09 bits per heavy atom. The molecule has 3 rings (SSSR count). The number of rotatable bonds is 4. The fourth-order valence-corrected chi connectivity index (χ4v) is 3.15. The van der Waals surface area contributed by atoms with Crippen molar-refractivity contribution >= 4 is 5.82 Å². The van der Waals surface area contributed by atoms with Crippen LogP contribution in [0.25, 0.3) is 11.3 Å². The van der Waals surface area contributed by atoms with E-state index in [1.807, 2.05) is 19.0 Å². The Morgan fingerprint density at radius 2 is 1.82 bits per heavy atom. The molecule has 116 valence electrons. The van der Waals surface area contributed by atoms with Crippen molar-refractivity contribution < 1.29 is 0 Å². The second kappa shape index (κ2) is 6.44. The highest BCUT2D eigenvalue weighted by atomic mass is 15.2. The fraction of sp³-hybridized carbons (Fsp3) is 0.444. The molecule has 0 spiro atoms. The van der Waals surface area contributed by atoms with E-state index in [1.54, 1.807) is 12.4 Å². The van der Waals surface area contributed by atoms with Crippen LogP contribution in [-0.2, 0) is 0 Å². The summed E-state index contributed by atoms with van der Waals surface area (Å²) in [4.78, 5) is 13.6. The minimum absolute atomic E-state index is 0.460. The first-order valence-corrected chi connectivity index (χ1v) is 7.99. The van der Waals surface area contributed by atoms with Crippen LogP contribution in [0.15, 0.2) is 36.7 Å². The van der Waals surface area contributed by atoms with Crippen molar-refractivity contribution in [2.24, 2.45) is 0 Å². The largest absolute Gasteiger partial charge is 0.361 e. The van der Waals surface area contributed by atoms with Gasteiger partial charge in [-0.3, -0.25) is 9.88 Å². The Morgan fingerprint density at radius 3 is 2.55 bits per heavy atom. The standard InChI is InChI=1S/C18H24N4/c1-14(22-11-4-5-12-22)15-7-6-8-16(13-15)17-18(21(2)3)20-10-9-19-17/h6-10,13-14H,4-5,11-12H2,1-3H3/t14-/m1/s1. The zero-order valence-electron chi connectivity index (χ0n) is 13.7. The molecule has 1 saturated heterocycles. The molecule has 2 aromatic rings. The monoisotopic (exact) mass is 296 g/mol. The second-order valence-electron chi connectivity index (χ2n) is 6.17. The molecule has 1 aromatic carbocycles. The third kappa shape index (κ3) is 2.97. The Labute approximate surface area is 132 Å². The van der Waals surface area contributed by atoms with Gasteiger partial charge in [0.15, 0.2) is 5.82 Å². The van der Waals surface area contributed by atoms with Gasteiger partial charge in [-0.15, -0.1) is 0 Å². The van der Waals surface area contributed by atoms with E-state index in [0.717, 1.165) is 17.1 Å². The smallest absolute Gasteiger partial charge is 0.154 e. The number of likely N-dealkylation sites (tertiary alicyclic amines) is 1. The zero-order valence-corrected chi connectivity index (χ0v) is 13.7. The molecule has 0 aliphatic carbocycles. The lowest BCUT2D eigenvalue weighted by molar-refractivity contribution is 0.263. The highest BCUT2D eigenvalue weighted by Gasteiger charge is 2.20. The third-order valence-corrected chi connectivity index (χ3v) is 4.43. The maximum Gasteiger partial charge on any atom is 0.154 e. The molecule has 2 heterocycles. The average Bonchev–Trinajstić information content (AvgIpc) is 3.08. The number of hydrogen-bond donors (Lipinski definition) is 0. The lowest BCUT2D eigenvalue weighted by Crippen LogP contribution is -2.23. The predicted molar refractivity (Wildman–Crippen MR) is 91.0 cm³/mol. The minimum atomic E-state index is 0.460. The van der Waals surface area contributed by atoms with Crippen LogP contribution < -0.4 is 4.90 Å². The van der Waals surface area contributed by atoms with Gasteiger partial charge in [-0.1, -0.05) is 18.2 Å². The molecule has 22 heavy (non-hydrogen) atoms. The van der Waals surface area contributed by atoms with Gasteiger partial charge in [-0.05, 0) is 44.5 Å². The molecule has 1 atom stereocenters. The van der Waals surface area contributed by atoms with Crippen LogP contribution in [0.3, 0.4) is 0 Å². The maximum atomic E-state index is 4.55. The lowest BCUT2D eigenvalue weighted by atomic mass is 10.0. The Hall–Kier alpha value is -1.94. The van der Waals surface area contributed by atoms with Gasteiger partial charge in [0, 0.05) is 38.1 Å². The van der Waals surface area contributed by atoms with Gasteiger partial charge in [0.25, 0.3) is 0 Å². The van der Waals surface area contributed by atoms with Gasteiger partial charge < -0.3 is 4.90 Å². The lowest BCUT2D eigenvalue weighted by Gasteiger charge is -2.24. The highest BCUT2D eigenvalue weighted by Crippen LogP contribution is 2.30. The van der Waals surface area contributed by atoms with E-state index in [-0.39, 0.29) is 0 Å². The van der Waals surface area contributed by atoms with Crippen molar-refractivity contribution in [1.29, 1.82) is 0 Å². The van der Waals surface area contributed by atoms with Gasteiger partial charge in [0.1, 0.15) is 5.69 Å². The number of nitrogens with zero attached hydrogens (tertiary/aromatic N) is 4. The first kappa shape index (κ1) is 15.0. The van der Waals surface area contributed by atoms with E-state index in [2.05, 4.69) is 46.1 Å². The Kier molecular flexibility index (Phi) is 4.39. The summed E-state index contributed by atoms with van der Waals surface area (Å²) in [6.07, 6.45) is 6.15. The molecule has 4 nitrogen and oxygen atoms in total. The molecule has 1 aliphatic heterocycles. The van der Waals surface area contributed by atoms with Crippen molar-refractivity contribution in [1.82, 2.24) is 14.9 Å². The molecule has 0 N–H and O–H groups in total. The van der Waals surface area contributed by atoms with E-state index < -0.39 is 0 Å². The van der Waals surface area contributed by atoms with Crippen molar-refractivity contribution in [2.75, 3.05) is 32.1 Å². The van der Waals surface area contributed by atoms with Gasteiger partial charge in [-0.25, -0.2) is 4.98 Å². The van der Waals surface area contributed by atoms with Crippen molar-refractivity contribution in [3.05, 3.63) is 42.2 Å². The third-order valence-electron chi connectivity index (χ3n) is 4.43. The maximum absolute atomic E-state index is 4.55. The molecular weight excluding hydrogens is 272 g/mol. The number of aromatic nitrogens is 2. The molecule has 0 unspecified atom stereocenters. The first-order valence-electron chi connectivity index (χ1n) is 7.99. The molecule has 0 saturated carbocycles. The SMILES string of the molecule is C[C@H](c1cccc(-c2nccnc2N(C)C)c1)N1CCCC1. The fourth-order valence-electron chi connectivity index (χ4n) is 3.15. The Bertz CT molecular complexity index is 632. The average molecular weight is 296 g/mol. The zero-order chi connectivity index (χ0) is 15.5. The van der Waals surface area contributed by atoms with Crippen LogP contribution in [0.5, 0.6) is 0 Å². The van der Waals surface area contributed by atoms with Crippen molar-refractivity contribution in [2.45, 2.75) is 25.8 Å². The predicted octanol–water partition coefficient (Wildman–Crippen LogP) is 3.37. The van der Waals surface area contributed by atoms with Crippen LogP contribution in [0, 0.1) is 0 Å². The van der Waals surface area contributed by atoms with Crippen LogP contribution in [-0.4, -0.2) is 42.1 Å². The van der Waals surface area contributed by atoms with E-state index in [9.17, 15) is 0 Å². The van der Waals surface area contributed by atoms with Crippen LogP contribution in [0.1, 0.15) is 31.4 Å². The van der Waals surface area contributed by atoms with Crippen LogP contribution in [0.2, 0.25) is 0 Å². The summed E-state index contributed by atoms with van der Waals surface area (Å²) in [7, 11) is 4.01. The van der Waals surface area contributed by atoms with E-state index in [4.69, 9.17) is 0 Å². The molecule has 0 radical (unpaired) electrons. The highest BCUT2D eigenvalue weighted by molar-refractivity contribution is 5.72. The number of hydrogen-bond acceptors (Lipinski definition) is 4. The van der Waals surface area contributed by atoms with Gasteiger partial charge in [-0.2, -0.15) is 0 Å². The molecule has 0 amide bonds. The molecule has 1 aliphatic rings. The molecule has 0 bridgehead atoms. The normalized spacial score (nSPS) is 16.7. The summed E-state index contributed by atoms with van der Waals surface area (Å²) in [5.41, 5.74) is 3.44. The quantitative estimate of drug-likeness (QED) is 0.866. The van der Waals surface area contributed by atoms with Crippen LogP contribution >= 0.6 is 0 Å². The summed E-state index contributed by atoms with van der Waals surface area (Å²) in [5, 5.41) is 0. The summed E-state index contributed by atoms with van der Waals surface area (Å²) in [5.74, 6) is 0.911. The first-order chi connectivity index (χ1) is 10.7. The van der Waals surface area contributed by atoms with E-state index in [0.29, 0.717) is 6.04 Å². The van der Waals surface area contributed by atoms with Crippen molar-refractivity contribution in [3.8, 4) is 11.3 Å².